The molecule has 5 rings (SSSR count). The first-order valence-corrected chi connectivity index (χ1v) is 12.2. The van der Waals surface area contributed by atoms with Crippen molar-refractivity contribution < 1.29 is 4.74 Å². The van der Waals surface area contributed by atoms with Gasteiger partial charge in [0.15, 0.2) is 5.82 Å². The molecule has 0 fully saturated rings. The van der Waals surface area contributed by atoms with Gasteiger partial charge in [-0.1, -0.05) is 35.5 Å². The number of aromatic amines is 2. The van der Waals surface area contributed by atoms with Crippen molar-refractivity contribution in [2.24, 2.45) is 0 Å². The van der Waals surface area contributed by atoms with Gasteiger partial charge in [0.2, 0.25) is 5.16 Å². The van der Waals surface area contributed by atoms with Crippen molar-refractivity contribution >= 4 is 44.7 Å². The summed E-state index contributed by atoms with van der Waals surface area (Å²) in [5.41, 5.74) is 2.00. The first-order valence-electron chi connectivity index (χ1n) is 9.43. The maximum Gasteiger partial charge on any atom is 0.260 e. The highest BCUT2D eigenvalue weighted by molar-refractivity contribution is 7.98. The second-order valence-corrected chi connectivity index (χ2v) is 9.52. The van der Waals surface area contributed by atoms with Gasteiger partial charge >= 0.3 is 0 Å². The Balaban J connectivity index is 1.25. The quantitative estimate of drug-likeness (QED) is 0.327. The standard InChI is InChI=1S/C21H17N5O2S3/c1-12-4-6-13(7-5-12)28-9-16-24-21(26-25-16)31-11-17-22-19(27)18-14(10-30-20(18)23-17)15-3-2-8-29-15/h2-8,10H,9,11H2,1H3,(H,22,23,27)(H,24,25,26). The number of aryl methyl sites for hydroxylation is 1. The van der Waals surface area contributed by atoms with Gasteiger partial charge in [0, 0.05) is 15.8 Å². The molecule has 2 N–H and O–H groups in total. The van der Waals surface area contributed by atoms with Gasteiger partial charge in [-0.3, -0.25) is 9.89 Å². The molecule has 0 spiro atoms. The van der Waals surface area contributed by atoms with E-state index in [-0.39, 0.29) is 5.56 Å². The van der Waals surface area contributed by atoms with Gasteiger partial charge in [0.25, 0.3) is 5.56 Å². The van der Waals surface area contributed by atoms with Gasteiger partial charge in [-0.05, 0) is 30.5 Å². The molecule has 0 unspecified atom stereocenters. The number of hydrogen-bond acceptors (Lipinski definition) is 8. The lowest BCUT2D eigenvalue weighted by Crippen LogP contribution is -2.10. The van der Waals surface area contributed by atoms with E-state index in [1.165, 1.54) is 28.7 Å². The maximum absolute atomic E-state index is 12.7. The summed E-state index contributed by atoms with van der Waals surface area (Å²) in [6.45, 7) is 2.34. The largest absolute Gasteiger partial charge is 0.486 e. The van der Waals surface area contributed by atoms with Crippen molar-refractivity contribution in [1.82, 2.24) is 25.1 Å². The van der Waals surface area contributed by atoms with Crippen LogP contribution in [-0.2, 0) is 12.4 Å². The summed E-state index contributed by atoms with van der Waals surface area (Å²) in [6.07, 6.45) is 0. The molecule has 0 saturated heterocycles. The van der Waals surface area contributed by atoms with Crippen molar-refractivity contribution in [3.8, 4) is 16.2 Å². The molecule has 0 aliphatic heterocycles. The van der Waals surface area contributed by atoms with Crippen LogP contribution < -0.4 is 10.3 Å². The fourth-order valence-corrected chi connectivity index (χ4v) is 5.47. The monoisotopic (exact) mass is 467 g/mol. The maximum atomic E-state index is 12.7. The predicted octanol–water partition coefficient (Wildman–Crippen LogP) is 5.01. The minimum absolute atomic E-state index is 0.118. The normalized spacial score (nSPS) is 11.3. The Bertz CT molecular complexity index is 1370. The molecule has 0 bridgehead atoms. The Morgan fingerprint density at radius 3 is 2.77 bits per heavy atom. The van der Waals surface area contributed by atoms with Crippen LogP contribution in [0.1, 0.15) is 17.2 Å². The molecule has 31 heavy (non-hydrogen) atoms. The number of benzene rings is 1. The van der Waals surface area contributed by atoms with Crippen LogP contribution in [0.5, 0.6) is 5.75 Å². The molecular weight excluding hydrogens is 450 g/mol. The molecule has 4 aromatic heterocycles. The van der Waals surface area contributed by atoms with E-state index >= 15 is 0 Å². The summed E-state index contributed by atoms with van der Waals surface area (Å²) in [5.74, 6) is 2.49. The molecule has 0 amide bonds. The number of hydrogen-bond donors (Lipinski definition) is 2. The number of H-pyrrole nitrogens is 2. The predicted molar refractivity (Wildman–Crippen MR) is 125 cm³/mol. The lowest BCUT2D eigenvalue weighted by atomic mass is 10.2. The smallest absolute Gasteiger partial charge is 0.260 e. The minimum atomic E-state index is -0.118. The van der Waals surface area contributed by atoms with Crippen molar-refractivity contribution in [2.75, 3.05) is 0 Å². The highest BCUT2D eigenvalue weighted by Gasteiger charge is 2.14. The van der Waals surface area contributed by atoms with Gasteiger partial charge in [0.1, 0.15) is 23.0 Å². The molecule has 7 nitrogen and oxygen atoms in total. The van der Waals surface area contributed by atoms with Crippen molar-refractivity contribution in [1.29, 1.82) is 0 Å². The van der Waals surface area contributed by atoms with Gasteiger partial charge < -0.3 is 9.72 Å². The third kappa shape index (κ3) is 4.41. The van der Waals surface area contributed by atoms with E-state index in [2.05, 4.69) is 25.1 Å². The van der Waals surface area contributed by atoms with Crippen LogP contribution in [0.2, 0.25) is 0 Å². The molecule has 1 aromatic carbocycles. The average molecular weight is 468 g/mol. The first-order chi connectivity index (χ1) is 15.2. The fourth-order valence-electron chi connectivity index (χ4n) is 3.00. The number of ether oxygens (including phenoxy) is 1. The SMILES string of the molecule is Cc1ccc(OCc2nc(SCc3nc4scc(-c5cccs5)c4c(=O)[nH]3)n[nH]2)cc1. The third-order valence-corrected chi connectivity index (χ3v) is 7.16. The van der Waals surface area contributed by atoms with Crippen LogP contribution in [0.15, 0.2) is 57.1 Å². The van der Waals surface area contributed by atoms with E-state index in [0.717, 1.165) is 21.0 Å². The van der Waals surface area contributed by atoms with Crippen LogP contribution in [0.3, 0.4) is 0 Å². The third-order valence-electron chi connectivity index (χ3n) is 4.53. The van der Waals surface area contributed by atoms with E-state index in [1.54, 1.807) is 11.3 Å². The number of nitrogens with one attached hydrogen (secondary N) is 2. The van der Waals surface area contributed by atoms with Gasteiger partial charge in [-0.15, -0.1) is 27.8 Å². The van der Waals surface area contributed by atoms with E-state index < -0.39 is 0 Å². The molecule has 0 radical (unpaired) electrons. The van der Waals surface area contributed by atoms with Crippen molar-refractivity contribution in [3.63, 3.8) is 0 Å². The number of rotatable bonds is 7. The fraction of sp³-hybridized carbons (Fsp3) is 0.143. The van der Waals surface area contributed by atoms with E-state index in [0.29, 0.717) is 34.6 Å². The number of thiophene rings is 2. The molecular formula is C21H17N5O2S3. The second kappa shape index (κ2) is 8.66. The molecule has 10 heteroatoms. The number of aromatic nitrogens is 5. The van der Waals surface area contributed by atoms with Crippen LogP contribution >= 0.6 is 34.4 Å². The first kappa shape index (κ1) is 20.0. The molecule has 0 aliphatic rings. The van der Waals surface area contributed by atoms with Gasteiger partial charge in [0.05, 0.1) is 11.1 Å². The zero-order valence-electron chi connectivity index (χ0n) is 16.4. The zero-order chi connectivity index (χ0) is 21.2. The summed E-state index contributed by atoms with van der Waals surface area (Å²) in [6, 6.07) is 11.8. The lowest BCUT2D eigenvalue weighted by Gasteiger charge is -2.03. The molecule has 0 saturated carbocycles. The Morgan fingerprint density at radius 2 is 1.97 bits per heavy atom. The highest BCUT2D eigenvalue weighted by atomic mass is 32.2. The highest BCUT2D eigenvalue weighted by Crippen LogP contribution is 2.33. The van der Waals surface area contributed by atoms with Crippen LogP contribution in [0, 0.1) is 6.92 Å². The van der Waals surface area contributed by atoms with Crippen molar-refractivity contribution in [2.45, 2.75) is 24.4 Å². The summed E-state index contributed by atoms with van der Waals surface area (Å²) in [7, 11) is 0. The Hall–Kier alpha value is -2.95. The molecule has 4 heterocycles. The average Bonchev–Trinajstić information content (AvgIpc) is 3.52. The zero-order valence-corrected chi connectivity index (χ0v) is 18.9. The topological polar surface area (TPSA) is 96.6 Å². The lowest BCUT2D eigenvalue weighted by molar-refractivity contribution is 0.296. The Labute approximate surface area is 189 Å². The van der Waals surface area contributed by atoms with Crippen molar-refractivity contribution in [3.05, 3.63) is 74.7 Å². The second-order valence-electron chi connectivity index (χ2n) is 6.77. The van der Waals surface area contributed by atoms with Gasteiger partial charge in [-0.25, -0.2) is 9.97 Å². The summed E-state index contributed by atoms with van der Waals surface area (Å²) in [5, 5.41) is 12.3. The number of nitrogens with zero attached hydrogens (tertiary/aromatic N) is 3. The van der Waals surface area contributed by atoms with Crippen LogP contribution in [-0.4, -0.2) is 25.1 Å². The molecule has 0 aliphatic carbocycles. The minimum Gasteiger partial charge on any atom is -0.486 e. The Morgan fingerprint density at radius 1 is 1.10 bits per heavy atom. The number of fused-ring (bicyclic) bond motifs is 1. The summed E-state index contributed by atoms with van der Waals surface area (Å²) < 4.78 is 5.72. The molecule has 156 valence electrons. The molecule has 5 aromatic rings. The van der Waals surface area contributed by atoms with E-state index in [4.69, 9.17) is 4.74 Å². The van der Waals surface area contributed by atoms with Gasteiger partial charge in [-0.2, -0.15) is 0 Å². The van der Waals surface area contributed by atoms with E-state index in [1.807, 2.05) is 54.1 Å². The molecule has 0 atom stereocenters. The van der Waals surface area contributed by atoms with Crippen LogP contribution in [0.25, 0.3) is 20.7 Å². The summed E-state index contributed by atoms with van der Waals surface area (Å²) in [4.78, 5) is 26.5. The number of thioether (sulfide) groups is 1. The van der Waals surface area contributed by atoms with E-state index in [9.17, 15) is 4.79 Å². The van der Waals surface area contributed by atoms with Crippen LogP contribution in [0.4, 0.5) is 0 Å². The summed E-state index contributed by atoms with van der Waals surface area (Å²) >= 11 is 4.50. The Kier molecular flexibility index (Phi) is 5.58.